The summed E-state index contributed by atoms with van der Waals surface area (Å²) < 4.78 is 52.5. The van der Waals surface area contributed by atoms with Gasteiger partial charge in [0.15, 0.2) is 0 Å². The molecule has 0 amide bonds. The molecule has 0 unspecified atom stereocenters. The maximum atomic E-state index is 13.8. The maximum Gasteiger partial charge on any atom is 0.512 e. The molecule has 0 saturated heterocycles. The summed E-state index contributed by atoms with van der Waals surface area (Å²) in [6.07, 6.45) is -5.30. The minimum atomic E-state index is -4.64. The van der Waals surface area contributed by atoms with Crippen LogP contribution < -0.4 is 15.2 Å². The molecule has 0 saturated carbocycles. The average molecular weight is 521 g/mol. The number of carboxylic acid groups (broad SMARTS) is 1. The van der Waals surface area contributed by atoms with Crippen LogP contribution in [-0.2, 0) is 12.6 Å². The number of hydrogen-bond donors (Lipinski definition) is 3. The second-order valence-corrected chi connectivity index (χ2v) is 8.76. The minimum Gasteiger partial charge on any atom is -0.493 e. The molecule has 9 heteroatoms. The van der Waals surface area contributed by atoms with Gasteiger partial charge in [-0.05, 0) is 42.0 Å². The molecule has 5 aromatic rings. The van der Waals surface area contributed by atoms with E-state index in [9.17, 15) is 23.1 Å². The van der Waals surface area contributed by atoms with Gasteiger partial charge in [0.25, 0.3) is 0 Å². The van der Waals surface area contributed by atoms with Crippen LogP contribution in [0.25, 0.3) is 32.8 Å². The first-order valence-corrected chi connectivity index (χ1v) is 11.8. The highest BCUT2D eigenvalue weighted by Crippen LogP contribution is 2.42. The van der Waals surface area contributed by atoms with Gasteiger partial charge in [0.05, 0.1) is 17.7 Å². The number of aryl methyl sites for hydroxylation is 1. The maximum absolute atomic E-state index is 13.8. The number of alkyl halides is 3. The van der Waals surface area contributed by atoms with E-state index in [0.717, 1.165) is 22.6 Å². The van der Waals surface area contributed by atoms with Crippen LogP contribution in [0.15, 0.2) is 78.9 Å². The number of nitrogens with one attached hydrogen (secondary N) is 1. The van der Waals surface area contributed by atoms with E-state index in [1.807, 2.05) is 42.5 Å². The van der Waals surface area contributed by atoms with Crippen LogP contribution in [0.5, 0.6) is 11.6 Å². The number of ether oxygens (including phenoxy) is 2. The van der Waals surface area contributed by atoms with Crippen LogP contribution in [-0.4, -0.2) is 22.9 Å². The Morgan fingerprint density at radius 2 is 1.66 bits per heavy atom. The van der Waals surface area contributed by atoms with Crippen molar-refractivity contribution in [2.45, 2.75) is 19.0 Å². The van der Waals surface area contributed by atoms with Crippen LogP contribution in [0.3, 0.4) is 0 Å². The number of carbonyl (C=O) groups is 1. The van der Waals surface area contributed by atoms with Crippen LogP contribution in [0.4, 0.5) is 23.7 Å². The van der Waals surface area contributed by atoms with Gasteiger partial charge in [-0.25, -0.2) is 4.79 Å². The van der Waals surface area contributed by atoms with E-state index in [4.69, 9.17) is 15.2 Å². The number of hydrogen-bond acceptors (Lipinski definition) is 4. The predicted octanol–water partition coefficient (Wildman–Crippen LogP) is 7.66. The number of benzene rings is 4. The van der Waals surface area contributed by atoms with Crippen molar-refractivity contribution < 1.29 is 32.5 Å². The molecule has 194 valence electrons. The van der Waals surface area contributed by atoms with E-state index >= 15 is 0 Å². The molecule has 0 aliphatic carbocycles. The van der Waals surface area contributed by atoms with E-state index in [2.05, 4.69) is 4.98 Å². The van der Waals surface area contributed by atoms with E-state index in [0.29, 0.717) is 35.9 Å². The van der Waals surface area contributed by atoms with Gasteiger partial charge in [-0.3, -0.25) is 0 Å². The molecule has 6 nitrogen and oxygen atoms in total. The number of aromatic amines is 1. The highest BCUT2D eigenvalue weighted by molar-refractivity contribution is 5.99. The van der Waals surface area contributed by atoms with Crippen molar-refractivity contribution in [1.29, 1.82) is 0 Å². The Labute approximate surface area is 215 Å². The van der Waals surface area contributed by atoms with Crippen molar-refractivity contribution >= 4 is 33.5 Å². The van der Waals surface area contributed by atoms with Crippen molar-refractivity contribution in [3.63, 3.8) is 0 Å². The van der Waals surface area contributed by atoms with Crippen molar-refractivity contribution in [1.82, 2.24) is 4.98 Å². The summed E-state index contributed by atoms with van der Waals surface area (Å²) in [5.41, 5.74) is 5.79. The quantitative estimate of drug-likeness (QED) is 0.116. The van der Waals surface area contributed by atoms with Crippen LogP contribution >= 0.6 is 0 Å². The van der Waals surface area contributed by atoms with Gasteiger partial charge < -0.3 is 25.3 Å². The van der Waals surface area contributed by atoms with E-state index in [1.54, 1.807) is 12.1 Å². The largest absolute Gasteiger partial charge is 0.512 e. The zero-order chi connectivity index (χ0) is 26.9. The first-order chi connectivity index (χ1) is 18.2. The number of para-hydroxylation sites is 1. The minimum absolute atomic E-state index is 0.0125. The Morgan fingerprint density at radius 1 is 0.921 bits per heavy atom. The lowest BCUT2D eigenvalue weighted by Gasteiger charge is -2.14. The Kier molecular flexibility index (Phi) is 6.59. The molecule has 1 heterocycles. The van der Waals surface area contributed by atoms with Gasteiger partial charge in [-0.2, -0.15) is 13.2 Å². The van der Waals surface area contributed by atoms with Gasteiger partial charge in [0.2, 0.25) is 5.88 Å². The molecule has 0 aliphatic rings. The fourth-order valence-corrected chi connectivity index (χ4v) is 4.68. The van der Waals surface area contributed by atoms with Crippen molar-refractivity contribution in [2.75, 3.05) is 12.3 Å². The molecule has 0 aliphatic heterocycles. The Morgan fingerprint density at radius 3 is 2.45 bits per heavy atom. The highest BCUT2D eigenvalue weighted by Gasteiger charge is 2.34. The average Bonchev–Trinajstić information content (AvgIpc) is 3.22. The monoisotopic (exact) mass is 520 g/mol. The molecule has 4 N–H and O–H groups in total. The SMILES string of the molecule is Nc1ccc(-c2cccc3c(CCCOc4cccc5ccccc45)c(OC(=O)O)[nH]c23)c(C(F)(F)F)c1. The lowest BCUT2D eigenvalue weighted by molar-refractivity contribution is -0.137. The Hall–Kier alpha value is -4.66. The standard InChI is InChI=1S/C29H23F3N2O4/c30-29(31,32)24-16-18(33)13-14-20(24)21-9-4-10-22-23(27(34-26(21)22)38-28(35)36)11-5-15-37-25-12-3-7-17-6-1-2-8-19(17)25/h1-4,6-10,12-14,16,34H,5,11,15,33H2,(H,35,36). The second kappa shape index (κ2) is 10.0. The fraction of sp³-hybridized carbons (Fsp3) is 0.138. The molecular weight excluding hydrogens is 497 g/mol. The van der Waals surface area contributed by atoms with Gasteiger partial charge in [0.1, 0.15) is 5.75 Å². The first-order valence-electron chi connectivity index (χ1n) is 11.8. The number of nitrogens with two attached hydrogens (primary N) is 1. The number of anilines is 1. The number of H-pyrrole nitrogens is 1. The third-order valence-electron chi connectivity index (χ3n) is 6.31. The fourth-order valence-electron chi connectivity index (χ4n) is 4.68. The molecule has 4 aromatic carbocycles. The first kappa shape index (κ1) is 25.0. The van der Waals surface area contributed by atoms with Gasteiger partial charge in [0, 0.05) is 27.6 Å². The van der Waals surface area contributed by atoms with Crippen LogP contribution in [0, 0.1) is 0 Å². The molecule has 0 radical (unpaired) electrons. The highest BCUT2D eigenvalue weighted by atomic mass is 19.4. The van der Waals surface area contributed by atoms with Crippen LogP contribution in [0.2, 0.25) is 0 Å². The lowest BCUT2D eigenvalue weighted by Crippen LogP contribution is -2.08. The van der Waals surface area contributed by atoms with Crippen molar-refractivity contribution in [2.24, 2.45) is 0 Å². The molecule has 0 spiro atoms. The third-order valence-corrected chi connectivity index (χ3v) is 6.31. The smallest absolute Gasteiger partial charge is 0.493 e. The van der Waals surface area contributed by atoms with Gasteiger partial charge in [-0.1, -0.05) is 60.7 Å². The van der Waals surface area contributed by atoms with Crippen molar-refractivity contribution in [3.05, 3.63) is 90.0 Å². The van der Waals surface area contributed by atoms with E-state index < -0.39 is 17.9 Å². The number of fused-ring (bicyclic) bond motifs is 2. The summed E-state index contributed by atoms with van der Waals surface area (Å²) in [4.78, 5) is 14.3. The molecule has 5 rings (SSSR count). The normalized spacial score (nSPS) is 11.7. The number of halogens is 3. The molecule has 0 bridgehead atoms. The van der Waals surface area contributed by atoms with Crippen molar-refractivity contribution in [3.8, 4) is 22.8 Å². The zero-order valence-electron chi connectivity index (χ0n) is 20.0. The molecule has 0 atom stereocenters. The Bertz CT molecular complexity index is 1640. The lowest BCUT2D eigenvalue weighted by atomic mass is 9.96. The summed E-state index contributed by atoms with van der Waals surface area (Å²) in [5, 5.41) is 11.9. The second-order valence-electron chi connectivity index (χ2n) is 8.76. The number of rotatable bonds is 7. The van der Waals surface area contributed by atoms with Crippen LogP contribution in [0.1, 0.15) is 17.5 Å². The van der Waals surface area contributed by atoms with Gasteiger partial charge >= 0.3 is 12.3 Å². The number of nitrogen functional groups attached to an aromatic ring is 1. The number of aromatic nitrogens is 1. The molecular formula is C29H23F3N2O4. The molecule has 38 heavy (non-hydrogen) atoms. The summed E-state index contributed by atoms with van der Waals surface area (Å²) in [5.74, 6) is 0.698. The Balaban J connectivity index is 1.47. The summed E-state index contributed by atoms with van der Waals surface area (Å²) in [6.45, 7) is 0.336. The predicted molar refractivity (Wildman–Crippen MR) is 140 cm³/mol. The summed E-state index contributed by atoms with van der Waals surface area (Å²) in [6, 6.07) is 22.1. The topological polar surface area (TPSA) is 97.6 Å². The summed E-state index contributed by atoms with van der Waals surface area (Å²) in [7, 11) is 0. The molecule has 1 aromatic heterocycles. The third kappa shape index (κ3) is 4.95. The van der Waals surface area contributed by atoms with E-state index in [1.165, 1.54) is 18.2 Å². The van der Waals surface area contributed by atoms with E-state index in [-0.39, 0.29) is 22.7 Å². The summed E-state index contributed by atoms with van der Waals surface area (Å²) >= 11 is 0. The van der Waals surface area contributed by atoms with Gasteiger partial charge in [-0.15, -0.1) is 0 Å². The molecule has 0 fully saturated rings. The zero-order valence-corrected chi connectivity index (χ0v) is 20.0.